The summed E-state index contributed by atoms with van der Waals surface area (Å²) in [5.41, 5.74) is -0.0180. The van der Waals surface area contributed by atoms with Gasteiger partial charge in [-0.25, -0.2) is 4.98 Å². The summed E-state index contributed by atoms with van der Waals surface area (Å²) in [6.07, 6.45) is -5.08. The summed E-state index contributed by atoms with van der Waals surface area (Å²) in [5.74, 6) is 0.740. The van der Waals surface area contributed by atoms with Crippen LogP contribution in [0.4, 0.5) is 26.3 Å². The molecule has 0 fully saturated rings. The number of alkyl halides is 6. The summed E-state index contributed by atoms with van der Waals surface area (Å²) in [6.45, 7) is 3.32. The van der Waals surface area contributed by atoms with E-state index in [0.717, 1.165) is 11.4 Å². The summed E-state index contributed by atoms with van der Waals surface area (Å²) in [7, 11) is 1.51. The number of aryl methyl sites for hydroxylation is 1. The number of rotatable bonds is 5. The third kappa shape index (κ3) is 5.10. The van der Waals surface area contributed by atoms with Gasteiger partial charge in [-0.2, -0.15) is 26.3 Å². The second-order valence-corrected chi connectivity index (χ2v) is 9.61. The van der Waals surface area contributed by atoms with Crippen LogP contribution in [0.15, 0.2) is 61.2 Å². The molecule has 0 saturated carbocycles. The molecule has 208 valence electrons. The average molecular weight is 580 g/mol. The molecule has 40 heavy (non-hydrogen) atoms. The van der Waals surface area contributed by atoms with Gasteiger partial charge < -0.3 is 13.9 Å². The Balaban J connectivity index is 1.58. The molecule has 0 bridgehead atoms. The standard InChI is InChI=1S/C27H20ClF6N5O/c1-14-11-38(13-35-14)22-5-4-16(8-23(22)40-3)24-21-10-20(28)12-39(25(21)37-36-24)15(2)17-6-18(26(29,30)31)9-19(7-17)27(32,33)34/h4-13,15H,1-3H3. The maximum Gasteiger partial charge on any atom is 0.416 e. The smallest absolute Gasteiger partial charge is 0.416 e. The molecule has 0 N–H and O–H groups in total. The van der Waals surface area contributed by atoms with E-state index in [-0.39, 0.29) is 22.5 Å². The normalized spacial score (nSPS) is 13.2. The summed E-state index contributed by atoms with van der Waals surface area (Å²) in [4.78, 5) is 4.22. The lowest BCUT2D eigenvalue weighted by Crippen LogP contribution is -2.16. The monoisotopic (exact) mass is 579 g/mol. The summed E-state index contributed by atoms with van der Waals surface area (Å²) < 4.78 is 89.6. The Morgan fingerprint density at radius 2 is 1.57 bits per heavy atom. The highest BCUT2D eigenvalue weighted by Crippen LogP contribution is 2.41. The lowest BCUT2D eigenvalue weighted by molar-refractivity contribution is -0.143. The maximum absolute atomic E-state index is 13.5. The van der Waals surface area contributed by atoms with Crippen LogP contribution in [0.5, 0.6) is 5.75 Å². The number of ether oxygens (including phenoxy) is 1. The van der Waals surface area contributed by atoms with Gasteiger partial charge in [0.2, 0.25) is 0 Å². The first-order valence-electron chi connectivity index (χ1n) is 11.8. The molecule has 0 aliphatic carbocycles. The molecule has 0 spiro atoms. The number of benzene rings is 2. The maximum atomic E-state index is 13.5. The Morgan fingerprint density at radius 3 is 2.15 bits per heavy atom. The van der Waals surface area contributed by atoms with Crippen LogP contribution in [0, 0.1) is 6.92 Å². The number of pyridine rings is 1. The Labute approximate surface area is 229 Å². The van der Waals surface area contributed by atoms with Gasteiger partial charge >= 0.3 is 12.4 Å². The van der Waals surface area contributed by atoms with Crippen molar-refractivity contribution in [3.63, 3.8) is 0 Å². The number of hydrogen-bond donors (Lipinski definition) is 0. The number of methoxy groups -OCH3 is 1. The van der Waals surface area contributed by atoms with E-state index >= 15 is 0 Å². The van der Waals surface area contributed by atoms with Gasteiger partial charge in [-0.1, -0.05) is 17.7 Å². The molecule has 0 amide bonds. The Bertz CT molecular complexity index is 1640. The second-order valence-electron chi connectivity index (χ2n) is 9.18. The molecule has 0 radical (unpaired) electrons. The minimum Gasteiger partial charge on any atom is -0.495 e. The number of fused-ring (bicyclic) bond motifs is 1. The largest absolute Gasteiger partial charge is 0.495 e. The van der Waals surface area contributed by atoms with E-state index in [2.05, 4.69) is 15.2 Å². The summed E-state index contributed by atoms with van der Waals surface area (Å²) in [6, 6.07) is 7.39. The zero-order valence-corrected chi connectivity index (χ0v) is 21.9. The van der Waals surface area contributed by atoms with Gasteiger partial charge in [0.05, 0.1) is 47.0 Å². The van der Waals surface area contributed by atoms with Crippen molar-refractivity contribution in [1.82, 2.24) is 24.3 Å². The Morgan fingerprint density at radius 1 is 0.900 bits per heavy atom. The zero-order valence-electron chi connectivity index (χ0n) is 21.1. The van der Waals surface area contributed by atoms with Crippen molar-refractivity contribution in [3.8, 4) is 34.1 Å². The number of halogens is 7. The van der Waals surface area contributed by atoms with Gasteiger partial charge in [0, 0.05) is 23.5 Å². The van der Waals surface area contributed by atoms with Gasteiger partial charge in [0.1, 0.15) is 11.4 Å². The fraction of sp³-hybridized carbons (Fsp3) is 0.222. The molecule has 0 saturated heterocycles. The van der Waals surface area contributed by atoms with Crippen LogP contribution in [-0.4, -0.2) is 31.4 Å². The molecule has 2 aliphatic rings. The quantitative estimate of drug-likeness (QED) is 0.199. The lowest BCUT2D eigenvalue weighted by atomic mass is 9.99. The van der Waals surface area contributed by atoms with E-state index in [1.807, 2.05) is 13.1 Å². The number of nitrogens with zero attached hydrogens (tertiary/aromatic N) is 5. The van der Waals surface area contributed by atoms with Crippen molar-refractivity contribution in [1.29, 1.82) is 0 Å². The van der Waals surface area contributed by atoms with Crippen molar-refractivity contribution in [3.05, 3.63) is 88.6 Å². The van der Waals surface area contributed by atoms with Gasteiger partial charge in [-0.3, -0.25) is 0 Å². The predicted octanol–water partition coefficient (Wildman–Crippen LogP) is 7.85. The molecule has 6 nitrogen and oxygen atoms in total. The van der Waals surface area contributed by atoms with E-state index in [4.69, 9.17) is 16.3 Å². The minimum atomic E-state index is -4.97. The van der Waals surface area contributed by atoms with Crippen LogP contribution in [-0.2, 0) is 12.4 Å². The zero-order chi connectivity index (χ0) is 29.0. The molecule has 1 unspecified atom stereocenters. The van der Waals surface area contributed by atoms with E-state index in [1.54, 1.807) is 35.2 Å². The molecule has 1 aromatic heterocycles. The number of imidazole rings is 1. The highest BCUT2D eigenvalue weighted by molar-refractivity contribution is 6.30. The van der Waals surface area contributed by atoms with Crippen LogP contribution < -0.4 is 4.74 Å². The third-order valence-corrected chi connectivity index (χ3v) is 6.69. The summed E-state index contributed by atoms with van der Waals surface area (Å²) >= 11 is 6.37. The number of aromatic nitrogens is 5. The molecular formula is C27H20ClF6N5O. The highest BCUT2D eigenvalue weighted by Gasteiger charge is 2.37. The molecule has 1 atom stereocenters. The van der Waals surface area contributed by atoms with Crippen molar-refractivity contribution in [2.45, 2.75) is 32.2 Å². The molecule has 2 aromatic carbocycles. The Hall–Kier alpha value is -4.06. The van der Waals surface area contributed by atoms with Crippen LogP contribution in [0.3, 0.4) is 0 Å². The molecule has 13 heteroatoms. The van der Waals surface area contributed by atoms with Crippen LogP contribution >= 0.6 is 11.6 Å². The molecule has 5 rings (SSSR count). The number of hydrogen-bond acceptors (Lipinski definition) is 4. The van der Waals surface area contributed by atoms with E-state index in [0.29, 0.717) is 34.7 Å². The molecule has 2 aliphatic heterocycles. The Kier molecular flexibility index (Phi) is 6.77. The van der Waals surface area contributed by atoms with Gasteiger partial charge in [-0.15, -0.1) is 10.2 Å². The lowest BCUT2D eigenvalue weighted by Gasteiger charge is -2.22. The van der Waals surface area contributed by atoms with Crippen molar-refractivity contribution >= 4 is 11.6 Å². The van der Waals surface area contributed by atoms with Crippen molar-refractivity contribution < 1.29 is 31.1 Å². The summed E-state index contributed by atoms with van der Waals surface area (Å²) in [5, 5.41) is 8.68. The van der Waals surface area contributed by atoms with Crippen LogP contribution in [0.2, 0.25) is 5.02 Å². The minimum absolute atomic E-state index is 0.0943. The molecular weight excluding hydrogens is 560 g/mol. The second kappa shape index (κ2) is 9.84. The first-order chi connectivity index (χ1) is 18.8. The van der Waals surface area contributed by atoms with E-state index in [9.17, 15) is 26.3 Å². The van der Waals surface area contributed by atoms with Crippen molar-refractivity contribution in [2.75, 3.05) is 7.11 Å². The van der Waals surface area contributed by atoms with Crippen LogP contribution in [0.25, 0.3) is 28.3 Å². The first-order valence-corrected chi connectivity index (χ1v) is 12.2. The topological polar surface area (TPSA) is 57.8 Å². The van der Waals surface area contributed by atoms with Gasteiger partial charge in [0.25, 0.3) is 0 Å². The van der Waals surface area contributed by atoms with Gasteiger partial charge in [0.15, 0.2) is 5.82 Å². The predicted molar refractivity (Wildman–Crippen MR) is 136 cm³/mol. The van der Waals surface area contributed by atoms with Crippen LogP contribution in [0.1, 0.15) is 35.3 Å². The SMILES string of the molecule is COc1cc(-c2nnc3n(C(C)c4cc(C(F)(F)F)cc(C(F)(F)F)c4)cc(Cl)cc2-3)ccc1-n1cnc(C)c1. The van der Waals surface area contributed by atoms with E-state index in [1.165, 1.54) is 24.8 Å². The van der Waals surface area contributed by atoms with E-state index < -0.39 is 29.5 Å². The third-order valence-electron chi connectivity index (χ3n) is 6.48. The van der Waals surface area contributed by atoms with Crippen molar-refractivity contribution in [2.24, 2.45) is 0 Å². The highest BCUT2D eigenvalue weighted by atomic mass is 35.5. The average Bonchev–Trinajstić information content (AvgIpc) is 3.52. The first kappa shape index (κ1) is 27.5. The fourth-order valence-corrected chi connectivity index (χ4v) is 4.70. The fourth-order valence-electron chi connectivity index (χ4n) is 4.48. The molecule has 3 aromatic rings. The van der Waals surface area contributed by atoms with Gasteiger partial charge in [-0.05, 0) is 55.8 Å². The molecule has 3 heterocycles.